The van der Waals surface area contributed by atoms with Crippen LogP contribution in [0.25, 0.3) is 10.9 Å². The number of rotatable bonds is 13. The number of carboxylic acids is 1. The molecule has 0 saturated heterocycles. The molecule has 3 aromatic rings. The molecule has 4 aliphatic rings. The second kappa shape index (κ2) is 16.2. The quantitative estimate of drug-likeness (QED) is 0.0874. The third-order valence-corrected chi connectivity index (χ3v) is 15.2. The minimum Gasteiger partial charge on any atom is -0.481 e. The minimum atomic E-state index is -0.767. The van der Waals surface area contributed by atoms with Crippen molar-refractivity contribution in [1.29, 1.82) is 0 Å². The SMILES string of the molecule is CC(=O)c1c(C)nc2ccccc2c1NCc1ccc(C(=O)NCCOC2CCC3(C)C(C2)CC(O)C2C3CC(O)C3(C)C(C(C)CCC(=O)O)CCC23)cc1. The number of amides is 1. The van der Waals surface area contributed by atoms with Crippen molar-refractivity contribution in [1.82, 2.24) is 10.3 Å². The fourth-order valence-electron chi connectivity index (χ4n) is 12.2. The number of aliphatic carboxylic acids is 1. The molecule has 10 nitrogen and oxygen atoms in total. The average molecular weight is 768 g/mol. The Morgan fingerprint density at radius 2 is 1.73 bits per heavy atom. The Morgan fingerprint density at radius 1 is 0.982 bits per heavy atom. The van der Waals surface area contributed by atoms with E-state index in [1.807, 2.05) is 55.5 Å². The zero-order valence-electron chi connectivity index (χ0n) is 33.7. The van der Waals surface area contributed by atoms with Gasteiger partial charge in [0.05, 0.1) is 47.4 Å². The summed E-state index contributed by atoms with van der Waals surface area (Å²) in [6.07, 6.45) is 6.17. The Bertz CT molecular complexity index is 1930. The summed E-state index contributed by atoms with van der Waals surface area (Å²) in [6, 6.07) is 15.2. The summed E-state index contributed by atoms with van der Waals surface area (Å²) in [5.41, 5.74) is 4.15. The second-order valence-electron chi connectivity index (χ2n) is 18.1. The van der Waals surface area contributed by atoms with E-state index in [4.69, 9.17) is 4.74 Å². The first-order valence-corrected chi connectivity index (χ1v) is 20.9. The molecule has 0 bridgehead atoms. The van der Waals surface area contributed by atoms with Gasteiger partial charge in [-0.3, -0.25) is 19.4 Å². The number of aliphatic hydroxyl groups excluding tert-OH is 2. The van der Waals surface area contributed by atoms with Crippen LogP contribution in [-0.4, -0.2) is 69.4 Å². The molecular weight excluding hydrogens is 707 g/mol. The summed E-state index contributed by atoms with van der Waals surface area (Å²) in [5.74, 6) is 0.465. The molecule has 2 aromatic carbocycles. The molecule has 56 heavy (non-hydrogen) atoms. The van der Waals surface area contributed by atoms with Crippen LogP contribution >= 0.6 is 0 Å². The summed E-state index contributed by atoms with van der Waals surface area (Å²) in [6.45, 7) is 11.5. The topological polar surface area (TPSA) is 158 Å². The number of benzene rings is 2. The van der Waals surface area contributed by atoms with Crippen LogP contribution in [0.15, 0.2) is 48.5 Å². The highest BCUT2D eigenvalue weighted by Gasteiger charge is 2.65. The number of carbonyl (C=O) groups excluding carboxylic acids is 2. The number of ketones is 1. The molecule has 4 fully saturated rings. The van der Waals surface area contributed by atoms with E-state index in [-0.39, 0.29) is 64.6 Å². The van der Waals surface area contributed by atoms with E-state index in [1.54, 1.807) is 6.92 Å². The molecule has 4 saturated carbocycles. The molecule has 10 heteroatoms. The van der Waals surface area contributed by atoms with E-state index in [0.717, 1.165) is 60.7 Å². The van der Waals surface area contributed by atoms with Crippen LogP contribution < -0.4 is 10.6 Å². The van der Waals surface area contributed by atoms with E-state index >= 15 is 0 Å². The van der Waals surface area contributed by atoms with E-state index < -0.39 is 18.2 Å². The van der Waals surface area contributed by atoms with Gasteiger partial charge in [0.1, 0.15) is 0 Å². The molecule has 7 rings (SSSR count). The van der Waals surface area contributed by atoms with Crippen LogP contribution in [0.2, 0.25) is 0 Å². The molecule has 1 aromatic heterocycles. The van der Waals surface area contributed by atoms with Gasteiger partial charge in [-0.25, -0.2) is 0 Å². The number of carbonyl (C=O) groups is 3. The number of nitrogens with one attached hydrogen (secondary N) is 2. The predicted molar refractivity (Wildman–Crippen MR) is 216 cm³/mol. The number of fused-ring (bicyclic) bond motifs is 6. The lowest BCUT2D eigenvalue weighted by Gasteiger charge is -2.63. The summed E-state index contributed by atoms with van der Waals surface area (Å²) < 4.78 is 6.36. The Kier molecular flexibility index (Phi) is 11.7. The maximum Gasteiger partial charge on any atom is 0.303 e. The van der Waals surface area contributed by atoms with Crippen molar-refractivity contribution in [3.05, 3.63) is 70.9 Å². The van der Waals surface area contributed by atoms with Crippen molar-refractivity contribution in [3.8, 4) is 0 Å². The fourth-order valence-corrected chi connectivity index (χ4v) is 12.2. The lowest BCUT2D eigenvalue weighted by molar-refractivity contribution is -0.209. The monoisotopic (exact) mass is 767 g/mol. The van der Waals surface area contributed by atoms with Gasteiger partial charge in [0.15, 0.2) is 5.78 Å². The van der Waals surface area contributed by atoms with Gasteiger partial charge in [-0.1, -0.05) is 51.1 Å². The number of Topliss-reactive ketones (excluding diaryl/α,β-unsaturated/α-hetero) is 1. The third kappa shape index (κ3) is 7.49. The van der Waals surface area contributed by atoms with E-state index in [2.05, 4.69) is 36.4 Å². The lowest BCUT2D eigenvalue weighted by Crippen LogP contribution is -2.62. The Morgan fingerprint density at radius 3 is 2.46 bits per heavy atom. The molecular formula is C46H61N3O7. The number of aromatic nitrogens is 1. The molecule has 0 radical (unpaired) electrons. The smallest absolute Gasteiger partial charge is 0.303 e. The van der Waals surface area contributed by atoms with Gasteiger partial charge < -0.3 is 30.7 Å². The maximum absolute atomic E-state index is 13.0. The molecule has 0 aliphatic heterocycles. The zero-order valence-corrected chi connectivity index (χ0v) is 33.7. The van der Waals surface area contributed by atoms with Crippen LogP contribution in [0.1, 0.15) is 117 Å². The van der Waals surface area contributed by atoms with Gasteiger partial charge in [-0.15, -0.1) is 0 Å². The first-order chi connectivity index (χ1) is 26.7. The summed E-state index contributed by atoms with van der Waals surface area (Å²) in [4.78, 5) is 41.5. The van der Waals surface area contributed by atoms with Crippen molar-refractivity contribution >= 4 is 34.3 Å². The van der Waals surface area contributed by atoms with Gasteiger partial charge in [0, 0.05) is 30.5 Å². The molecule has 302 valence electrons. The van der Waals surface area contributed by atoms with E-state index in [1.165, 1.54) is 0 Å². The van der Waals surface area contributed by atoms with Crippen molar-refractivity contribution in [3.63, 3.8) is 0 Å². The first kappa shape index (κ1) is 40.3. The molecule has 11 unspecified atom stereocenters. The summed E-state index contributed by atoms with van der Waals surface area (Å²) in [7, 11) is 0. The number of pyridine rings is 1. The van der Waals surface area contributed by atoms with Crippen molar-refractivity contribution in [2.75, 3.05) is 18.5 Å². The minimum absolute atomic E-state index is 0.0235. The Hall–Kier alpha value is -3.86. The van der Waals surface area contributed by atoms with Crippen LogP contribution in [0.3, 0.4) is 0 Å². The second-order valence-corrected chi connectivity index (χ2v) is 18.1. The summed E-state index contributed by atoms with van der Waals surface area (Å²) >= 11 is 0. The van der Waals surface area contributed by atoms with Crippen molar-refractivity contribution in [2.45, 2.75) is 117 Å². The van der Waals surface area contributed by atoms with E-state index in [9.17, 15) is 29.7 Å². The molecule has 11 atom stereocenters. The maximum atomic E-state index is 13.0. The molecule has 0 spiro atoms. The highest BCUT2D eigenvalue weighted by Crippen LogP contribution is 2.68. The average Bonchev–Trinajstić information content (AvgIpc) is 3.53. The van der Waals surface area contributed by atoms with Crippen LogP contribution in [0.5, 0.6) is 0 Å². The van der Waals surface area contributed by atoms with Gasteiger partial charge in [-0.05, 0) is 135 Å². The highest BCUT2D eigenvalue weighted by atomic mass is 16.5. The number of anilines is 1. The highest BCUT2D eigenvalue weighted by molar-refractivity contribution is 6.08. The van der Waals surface area contributed by atoms with Crippen LogP contribution in [0.4, 0.5) is 5.69 Å². The largest absolute Gasteiger partial charge is 0.481 e. The predicted octanol–water partition coefficient (Wildman–Crippen LogP) is 7.57. The molecule has 4 aliphatic carbocycles. The lowest BCUT2D eigenvalue weighted by atomic mass is 9.43. The van der Waals surface area contributed by atoms with Gasteiger partial charge in [0.2, 0.25) is 0 Å². The van der Waals surface area contributed by atoms with Crippen LogP contribution in [0, 0.1) is 53.3 Å². The molecule has 1 amide bonds. The number of para-hydroxylation sites is 1. The van der Waals surface area contributed by atoms with Gasteiger partial charge in [0.25, 0.3) is 5.91 Å². The zero-order chi connectivity index (χ0) is 39.9. The number of hydrogen-bond donors (Lipinski definition) is 5. The van der Waals surface area contributed by atoms with E-state index in [0.29, 0.717) is 55.3 Å². The number of ether oxygens (including phenoxy) is 1. The Labute approximate surface area is 331 Å². The number of nitrogens with zero attached hydrogens (tertiary/aromatic N) is 1. The fraction of sp³-hybridized carbons (Fsp3) is 0.609. The van der Waals surface area contributed by atoms with Gasteiger partial charge in [-0.2, -0.15) is 0 Å². The first-order valence-electron chi connectivity index (χ1n) is 20.9. The van der Waals surface area contributed by atoms with Crippen LogP contribution in [-0.2, 0) is 16.1 Å². The third-order valence-electron chi connectivity index (χ3n) is 15.2. The summed E-state index contributed by atoms with van der Waals surface area (Å²) in [5, 5.41) is 40.3. The standard InChI is InChI=1S/C46H61N3O7/c1-26(10-17-40(53)54)34-15-16-35-42-36(24-39(52)46(34,35)5)45(4)19-18-32(22-31(45)23-38(42)51)56-21-20-47-44(55)30-13-11-29(12-14-30)25-48-43-33-8-6-7-9-37(33)49-27(2)41(43)28(3)50/h6-9,11-14,26,31-32,34-36,38-39,42,51-52H,10,15-25H2,1-5H3,(H,47,55)(H,48,49)(H,53,54). The molecule has 5 N–H and O–H groups in total. The van der Waals surface area contributed by atoms with Crippen molar-refractivity contribution < 1.29 is 34.4 Å². The van der Waals surface area contributed by atoms with Gasteiger partial charge >= 0.3 is 5.97 Å². The Balaban J connectivity index is 0.896. The number of aryl methyl sites for hydroxylation is 1. The number of carboxylic acid groups (broad SMARTS) is 1. The number of aliphatic hydroxyl groups is 2. The van der Waals surface area contributed by atoms with Crippen molar-refractivity contribution in [2.24, 2.45) is 46.3 Å². The number of hydrogen-bond acceptors (Lipinski definition) is 8. The normalized spacial score (nSPS) is 32.8. The molecule has 1 heterocycles.